The maximum absolute atomic E-state index is 11.9. The van der Waals surface area contributed by atoms with Crippen LogP contribution in [0.15, 0.2) is 23.3 Å². The minimum atomic E-state index is -0.294. The molecule has 0 unspecified atom stereocenters. The fourth-order valence-corrected chi connectivity index (χ4v) is 2.04. The van der Waals surface area contributed by atoms with Gasteiger partial charge >= 0.3 is 0 Å². The highest BCUT2D eigenvalue weighted by Gasteiger charge is 2.12. The molecule has 1 amide bonds. The van der Waals surface area contributed by atoms with Gasteiger partial charge < -0.3 is 0 Å². The lowest BCUT2D eigenvalue weighted by atomic mass is 9.98. The van der Waals surface area contributed by atoms with Crippen molar-refractivity contribution >= 4 is 34.8 Å². The first kappa shape index (κ1) is 16.0. The Kier molecular flexibility index (Phi) is 5.83. The SMILES string of the molecule is CC(C)C(=NNC(=O)c1ccc(Cl)c(Cl)c1)C(C)C. The second-order valence-corrected chi connectivity index (χ2v) is 5.73. The molecule has 0 bridgehead atoms. The molecule has 1 aromatic rings. The fourth-order valence-electron chi connectivity index (χ4n) is 1.74. The van der Waals surface area contributed by atoms with Crippen molar-refractivity contribution in [1.29, 1.82) is 0 Å². The molecule has 0 aliphatic heterocycles. The van der Waals surface area contributed by atoms with Crippen LogP contribution in [0.5, 0.6) is 0 Å². The number of benzene rings is 1. The number of carbonyl (C=O) groups excluding carboxylic acids is 1. The van der Waals surface area contributed by atoms with Crippen molar-refractivity contribution in [3.8, 4) is 0 Å². The van der Waals surface area contributed by atoms with Crippen molar-refractivity contribution in [1.82, 2.24) is 5.43 Å². The summed E-state index contributed by atoms with van der Waals surface area (Å²) in [6, 6.07) is 4.73. The summed E-state index contributed by atoms with van der Waals surface area (Å²) < 4.78 is 0. The molecule has 19 heavy (non-hydrogen) atoms. The monoisotopic (exact) mass is 300 g/mol. The van der Waals surface area contributed by atoms with Crippen LogP contribution in [0.1, 0.15) is 38.1 Å². The van der Waals surface area contributed by atoms with Crippen molar-refractivity contribution in [3.05, 3.63) is 33.8 Å². The first-order chi connectivity index (χ1) is 8.82. The van der Waals surface area contributed by atoms with Crippen LogP contribution in [0.25, 0.3) is 0 Å². The molecular formula is C14H18Cl2N2O. The standard InChI is InChI=1S/C14H18Cl2N2O/c1-8(2)13(9(3)4)17-18-14(19)10-5-6-11(15)12(16)7-10/h5-9H,1-4H3,(H,18,19). The maximum Gasteiger partial charge on any atom is 0.271 e. The third-order valence-corrected chi connectivity index (χ3v) is 3.39. The highest BCUT2D eigenvalue weighted by Crippen LogP contribution is 2.22. The number of halogens is 2. The van der Waals surface area contributed by atoms with Gasteiger partial charge in [-0.2, -0.15) is 5.10 Å². The second-order valence-electron chi connectivity index (χ2n) is 4.92. The molecule has 1 rings (SSSR count). The number of rotatable bonds is 4. The summed E-state index contributed by atoms with van der Waals surface area (Å²) in [6.07, 6.45) is 0. The Morgan fingerprint density at radius 3 is 2.16 bits per heavy atom. The number of hydrogen-bond acceptors (Lipinski definition) is 2. The minimum Gasteiger partial charge on any atom is -0.267 e. The first-order valence-electron chi connectivity index (χ1n) is 6.15. The van der Waals surface area contributed by atoms with Gasteiger partial charge in [-0.25, -0.2) is 5.43 Å². The summed E-state index contributed by atoms with van der Waals surface area (Å²) in [6.45, 7) is 8.18. The van der Waals surface area contributed by atoms with Crippen LogP contribution in [-0.4, -0.2) is 11.6 Å². The average Bonchev–Trinajstić information content (AvgIpc) is 2.31. The van der Waals surface area contributed by atoms with Gasteiger partial charge in [0, 0.05) is 11.3 Å². The van der Waals surface area contributed by atoms with Gasteiger partial charge in [0.15, 0.2) is 0 Å². The van der Waals surface area contributed by atoms with Crippen molar-refractivity contribution in [2.75, 3.05) is 0 Å². The average molecular weight is 301 g/mol. The zero-order valence-corrected chi connectivity index (χ0v) is 13.0. The van der Waals surface area contributed by atoms with Gasteiger partial charge in [0.1, 0.15) is 0 Å². The van der Waals surface area contributed by atoms with Gasteiger partial charge in [0.2, 0.25) is 0 Å². The molecule has 0 aliphatic carbocycles. The Balaban J connectivity index is 2.84. The van der Waals surface area contributed by atoms with Crippen molar-refractivity contribution < 1.29 is 4.79 Å². The predicted molar refractivity (Wildman–Crippen MR) is 81.0 cm³/mol. The summed E-state index contributed by atoms with van der Waals surface area (Å²) in [5.74, 6) is 0.278. The van der Waals surface area contributed by atoms with Crippen molar-refractivity contribution in [2.45, 2.75) is 27.7 Å². The first-order valence-corrected chi connectivity index (χ1v) is 6.91. The largest absolute Gasteiger partial charge is 0.271 e. The lowest BCUT2D eigenvalue weighted by Crippen LogP contribution is -2.24. The van der Waals surface area contributed by atoms with Gasteiger partial charge in [0.05, 0.1) is 10.0 Å². The Morgan fingerprint density at radius 2 is 1.68 bits per heavy atom. The second kappa shape index (κ2) is 6.92. The maximum atomic E-state index is 11.9. The van der Waals surface area contributed by atoms with E-state index < -0.39 is 0 Å². The van der Waals surface area contributed by atoms with Gasteiger partial charge in [-0.3, -0.25) is 4.79 Å². The third kappa shape index (κ3) is 4.51. The Labute approximate surface area is 124 Å². The van der Waals surface area contributed by atoms with E-state index in [1.807, 2.05) is 27.7 Å². The van der Waals surface area contributed by atoms with Gasteiger partial charge in [-0.05, 0) is 30.0 Å². The predicted octanol–water partition coefficient (Wildman–Crippen LogP) is 4.39. The highest BCUT2D eigenvalue weighted by atomic mass is 35.5. The van der Waals surface area contributed by atoms with E-state index in [4.69, 9.17) is 23.2 Å². The number of carbonyl (C=O) groups is 1. The quantitative estimate of drug-likeness (QED) is 0.650. The summed E-state index contributed by atoms with van der Waals surface area (Å²) in [5.41, 5.74) is 3.94. The number of amides is 1. The highest BCUT2D eigenvalue weighted by molar-refractivity contribution is 6.42. The van der Waals surface area contributed by atoms with Crippen LogP contribution >= 0.6 is 23.2 Å². The van der Waals surface area contributed by atoms with Crippen molar-refractivity contribution in [2.24, 2.45) is 16.9 Å². The van der Waals surface area contributed by atoms with E-state index in [-0.39, 0.29) is 17.7 Å². The Morgan fingerprint density at radius 1 is 1.11 bits per heavy atom. The molecule has 1 N–H and O–H groups in total. The molecule has 0 spiro atoms. The van der Waals surface area contributed by atoms with E-state index in [2.05, 4.69) is 10.5 Å². The van der Waals surface area contributed by atoms with E-state index >= 15 is 0 Å². The smallest absolute Gasteiger partial charge is 0.267 e. The summed E-state index contributed by atoms with van der Waals surface area (Å²) >= 11 is 11.7. The van der Waals surface area contributed by atoms with E-state index in [0.29, 0.717) is 15.6 Å². The van der Waals surface area contributed by atoms with Crippen LogP contribution in [0.2, 0.25) is 10.0 Å². The van der Waals surface area contributed by atoms with Gasteiger partial charge in [-0.1, -0.05) is 50.9 Å². The molecule has 0 saturated carbocycles. The summed E-state index contributed by atoms with van der Waals surface area (Å²) in [5, 5.41) is 4.97. The fraction of sp³-hybridized carbons (Fsp3) is 0.429. The molecule has 1 aromatic carbocycles. The summed E-state index contributed by atoms with van der Waals surface area (Å²) in [4.78, 5) is 11.9. The normalized spacial score (nSPS) is 10.7. The lowest BCUT2D eigenvalue weighted by Gasteiger charge is -2.13. The molecule has 0 aliphatic rings. The molecule has 3 nitrogen and oxygen atoms in total. The van der Waals surface area contributed by atoms with Crippen LogP contribution < -0.4 is 5.43 Å². The van der Waals surface area contributed by atoms with Gasteiger partial charge in [0.25, 0.3) is 5.91 Å². The summed E-state index contributed by atoms with van der Waals surface area (Å²) in [7, 11) is 0. The van der Waals surface area contributed by atoms with E-state index in [0.717, 1.165) is 5.71 Å². The molecular weight excluding hydrogens is 283 g/mol. The molecule has 0 fully saturated rings. The van der Waals surface area contributed by atoms with E-state index in [9.17, 15) is 4.79 Å². The third-order valence-electron chi connectivity index (χ3n) is 2.65. The van der Waals surface area contributed by atoms with E-state index in [1.54, 1.807) is 12.1 Å². The number of nitrogens with zero attached hydrogens (tertiary/aromatic N) is 1. The van der Waals surface area contributed by atoms with Crippen LogP contribution in [-0.2, 0) is 0 Å². The molecule has 5 heteroatoms. The zero-order valence-electron chi connectivity index (χ0n) is 11.5. The van der Waals surface area contributed by atoms with Crippen LogP contribution in [0, 0.1) is 11.8 Å². The van der Waals surface area contributed by atoms with Crippen molar-refractivity contribution in [3.63, 3.8) is 0 Å². The molecule has 0 saturated heterocycles. The molecule has 0 heterocycles. The van der Waals surface area contributed by atoms with Gasteiger partial charge in [-0.15, -0.1) is 0 Å². The number of hydrogen-bond donors (Lipinski definition) is 1. The number of hydrazone groups is 1. The minimum absolute atomic E-state index is 0.286. The van der Waals surface area contributed by atoms with E-state index in [1.165, 1.54) is 6.07 Å². The molecule has 104 valence electrons. The Bertz CT molecular complexity index is 486. The topological polar surface area (TPSA) is 41.5 Å². The zero-order chi connectivity index (χ0) is 14.6. The van der Waals surface area contributed by atoms with Crippen LogP contribution in [0.3, 0.4) is 0 Å². The lowest BCUT2D eigenvalue weighted by molar-refractivity contribution is 0.0954. The molecule has 0 aromatic heterocycles. The van der Waals surface area contributed by atoms with Crippen LogP contribution in [0.4, 0.5) is 0 Å². The number of nitrogens with one attached hydrogen (secondary N) is 1. The molecule has 0 radical (unpaired) electrons. The Hall–Kier alpha value is -1.06. The molecule has 0 atom stereocenters.